The van der Waals surface area contributed by atoms with Gasteiger partial charge in [0.15, 0.2) is 0 Å². The van der Waals surface area contributed by atoms with E-state index < -0.39 is 5.41 Å². The molecule has 0 fully saturated rings. The first-order chi connectivity index (χ1) is 7.85. The molecule has 0 atom stereocenters. The van der Waals surface area contributed by atoms with Crippen LogP contribution < -0.4 is 11.1 Å². The minimum atomic E-state index is -0.581. The minimum Gasteiger partial charge on any atom is -0.399 e. The second kappa shape index (κ2) is 5.19. The summed E-state index contributed by atoms with van der Waals surface area (Å²) in [5.74, 6) is -0.243. The third-order valence-corrected chi connectivity index (χ3v) is 2.92. The lowest BCUT2D eigenvalue weighted by atomic mass is 9.96. The molecule has 0 heterocycles. The van der Waals surface area contributed by atoms with Gasteiger partial charge in [0, 0.05) is 16.7 Å². The number of nitrogens with zero attached hydrogens (tertiary/aromatic N) is 1. The quantitative estimate of drug-likeness (QED) is 0.840. The van der Waals surface area contributed by atoms with Crippen LogP contribution in [0, 0.1) is 16.7 Å². The van der Waals surface area contributed by atoms with E-state index in [1.807, 2.05) is 0 Å². The second-order valence-corrected chi connectivity index (χ2v) is 5.27. The van der Waals surface area contributed by atoms with Crippen molar-refractivity contribution in [3.8, 4) is 6.07 Å². The fourth-order valence-electron chi connectivity index (χ4n) is 1.15. The zero-order chi connectivity index (χ0) is 13.1. The van der Waals surface area contributed by atoms with Gasteiger partial charge in [-0.3, -0.25) is 4.79 Å². The molecule has 0 spiro atoms. The Hall–Kier alpha value is -1.54. The molecule has 4 nitrogen and oxygen atoms in total. The number of hydrogen-bond acceptors (Lipinski definition) is 3. The largest absolute Gasteiger partial charge is 0.399 e. The standard InChI is InChI=1S/C12H14BrN3O/c1-12(2,6-14)7-16-11(17)9-5-8(15)3-4-10(9)13/h3-5H,7,15H2,1-2H3,(H,16,17). The Kier molecular flexibility index (Phi) is 4.13. The summed E-state index contributed by atoms with van der Waals surface area (Å²) in [5.41, 5.74) is 6.04. The molecule has 0 aromatic heterocycles. The van der Waals surface area contributed by atoms with Crippen LogP contribution in [0.1, 0.15) is 24.2 Å². The van der Waals surface area contributed by atoms with E-state index in [2.05, 4.69) is 27.3 Å². The minimum absolute atomic E-state index is 0.243. The van der Waals surface area contributed by atoms with Gasteiger partial charge in [-0.05, 0) is 48.0 Å². The van der Waals surface area contributed by atoms with Crippen LogP contribution >= 0.6 is 15.9 Å². The van der Waals surface area contributed by atoms with Gasteiger partial charge in [0.1, 0.15) is 0 Å². The molecule has 1 amide bonds. The number of nitrogen functional groups attached to an aromatic ring is 1. The van der Waals surface area contributed by atoms with Gasteiger partial charge in [0.25, 0.3) is 5.91 Å². The highest BCUT2D eigenvalue weighted by Gasteiger charge is 2.19. The zero-order valence-electron chi connectivity index (χ0n) is 9.75. The van der Waals surface area contributed by atoms with Crippen LogP contribution in [0.4, 0.5) is 5.69 Å². The lowest BCUT2D eigenvalue weighted by Gasteiger charge is -2.16. The summed E-state index contributed by atoms with van der Waals surface area (Å²) in [6.45, 7) is 3.83. The van der Waals surface area contributed by atoms with E-state index in [1.54, 1.807) is 32.0 Å². The molecule has 0 aliphatic heterocycles. The molecule has 3 N–H and O–H groups in total. The van der Waals surface area contributed by atoms with Crippen molar-refractivity contribution < 1.29 is 4.79 Å². The van der Waals surface area contributed by atoms with Gasteiger partial charge in [0.2, 0.25) is 0 Å². The summed E-state index contributed by atoms with van der Waals surface area (Å²) < 4.78 is 0.680. The highest BCUT2D eigenvalue weighted by molar-refractivity contribution is 9.10. The van der Waals surface area contributed by atoms with Gasteiger partial charge < -0.3 is 11.1 Å². The van der Waals surface area contributed by atoms with Crippen LogP contribution in [-0.2, 0) is 0 Å². The normalized spacial score (nSPS) is 10.7. The van der Waals surface area contributed by atoms with Crippen LogP contribution in [-0.4, -0.2) is 12.5 Å². The number of hydrogen-bond donors (Lipinski definition) is 2. The van der Waals surface area contributed by atoms with E-state index in [0.29, 0.717) is 22.3 Å². The van der Waals surface area contributed by atoms with Gasteiger partial charge in [-0.2, -0.15) is 5.26 Å². The predicted octanol–water partition coefficient (Wildman–Crippen LogP) is 2.31. The molecule has 0 unspecified atom stereocenters. The van der Waals surface area contributed by atoms with Crippen molar-refractivity contribution in [3.63, 3.8) is 0 Å². The number of nitrogens with one attached hydrogen (secondary N) is 1. The van der Waals surface area contributed by atoms with Gasteiger partial charge in [-0.15, -0.1) is 0 Å². The van der Waals surface area contributed by atoms with E-state index in [4.69, 9.17) is 11.0 Å². The second-order valence-electron chi connectivity index (χ2n) is 4.42. The van der Waals surface area contributed by atoms with Crippen molar-refractivity contribution in [1.82, 2.24) is 5.32 Å². The van der Waals surface area contributed by atoms with Gasteiger partial charge in [-0.25, -0.2) is 0 Å². The third-order valence-electron chi connectivity index (χ3n) is 2.23. The summed E-state index contributed by atoms with van der Waals surface area (Å²) >= 11 is 3.29. The van der Waals surface area contributed by atoms with E-state index >= 15 is 0 Å². The van der Waals surface area contributed by atoms with Gasteiger partial charge in [-0.1, -0.05) is 0 Å². The molecule has 17 heavy (non-hydrogen) atoms. The zero-order valence-corrected chi connectivity index (χ0v) is 11.3. The molecule has 1 rings (SSSR count). The maximum atomic E-state index is 11.9. The van der Waals surface area contributed by atoms with E-state index in [9.17, 15) is 4.79 Å². The first-order valence-corrected chi connectivity index (χ1v) is 5.89. The average molecular weight is 296 g/mol. The monoisotopic (exact) mass is 295 g/mol. The molecule has 1 aromatic carbocycles. The topological polar surface area (TPSA) is 78.9 Å². The Morgan fingerprint density at radius 3 is 2.82 bits per heavy atom. The number of nitriles is 1. The number of carbonyl (C=O) groups excluding carboxylic acids is 1. The lowest BCUT2D eigenvalue weighted by molar-refractivity contribution is 0.0943. The molecule has 0 radical (unpaired) electrons. The molecule has 0 bridgehead atoms. The SMILES string of the molecule is CC(C)(C#N)CNC(=O)c1cc(N)ccc1Br. The molecule has 0 saturated carbocycles. The Labute approximate surface area is 109 Å². The van der Waals surface area contributed by atoms with E-state index in [0.717, 1.165) is 0 Å². The molecular weight excluding hydrogens is 282 g/mol. The summed E-state index contributed by atoms with van der Waals surface area (Å²) in [4.78, 5) is 11.9. The van der Waals surface area contributed by atoms with Crippen molar-refractivity contribution in [1.29, 1.82) is 5.26 Å². The highest BCUT2D eigenvalue weighted by Crippen LogP contribution is 2.20. The smallest absolute Gasteiger partial charge is 0.252 e. The van der Waals surface area contributed by atoms with E-state index in [1.165, 1.54) is 0 Å². The van der Waals surface area contributed by atoms with Crippen LogP contribution in [0.5, 0.6) is 0 Å². The molecule has 5 heteroatoms. The van der Waals surface area contributed by atoms with Crippen molar-refractivity contribution in [2.75, 3.05) is 12.3 Å². The Morgan fingerprint density at radius 2 is 2.24 bits per heavy atom. The Morgan fingerprint density at radius 1 is 1.59 bits per heavy atom. The Balaban J connectivity index is 2.78. The fraction of sp³-hybridized carbons (Fsp3) is 0.333. The Bertz CT molecular complexity index is 477. The van der Waals surface area contributed by atoms with E-state index in [-0.39, 0.29) is 5.91 Å². The summed E-state index contributed by atoms with van der Waals surface area (Å²) in [6.07, 6.45) is 0. The molecule has 0 saturated heterocycles. The summed E-state index contributed by atoms with van der Waals surface area (Å²) in [7, 11) is 0. The van der Waals surface area contributed by atoms with Crippen molar-refractivity contribution in [2.45, 2.75) is 13.8 Å². The van der Waals surface area contributed by atoms with Crippen LogP contribution in [0.3, 0.4) is 0 Å². The number of rotatable bonds is 3. The molecular formula is C12H14BrN3O. The van der Waals surface area contributed by atoms with Gasteiger partial charge >= 0.3 is 0 Å². The summed E-state index contributed by atoms with van der Waals surface area (Å²) in [6, 6.07) is 7.15. The van der Waals surface area contributed by atoms with Gasteiger partial charge in [0.05, 0.1) is 17.0 Å². The first-order valence-electron chi connectivity index (χ1n) is 5.10. The lowest BCUT2D eigenvalue weighted by Crippen LogP contribution is -2.33. The number of anilines is 1. The van der Waals surface area contributed by atoms with Crippen molar-refractivity contribution >= 4 is 27.5 Å². The fourth-order valence-corrected chi connectivity index (χ4v) is 1.58. The highest BCUT2D eigenvalue weighted by atomic mass is 79.9. The van der Waals surface area contributed by atoms with Crippen molar-refractivity contribution in [3.05, 3.63) is 28.2 Å². The predicted molar refractivity (Wildman–Crippen MR) is 70.3 cm³/mol. The number of amides is 1. The molecule has 0 aliphatic rings. The number of carbonyl (C=O) groups is 1. The summed E-state index contributed by atoms with van der Waals surface area (Å²) in [5, 5.41) is 11.6. The number of nitrogens with two attached hydrogens (primary N) is 1. The molecule has 1 aromatic rings. The maximum Gasteiger partial charge on any atom is 0.252 e. The first kappa shape index (κ1) is 13.5. The third kappa shape index (κ3) is 3.75. The van der Waals surface area contributed by atoms with Crippen LogP contribution in [0.15, 0.2) is 22.7 Å². The average Bonchev–Trinajstić information content (AvgIpc) is 2.29. The molecule has 0 aliphatic carbocycles. The number of halogens is 1. The van der Waals surface area contributed by atoms with Crippen LogP contribution in [0.25, 0.3) is 0 Å². The molecule has 90 valence electrons. The maximum absolute atomic E-state index is 11.9. The number of benzene rings is 1. The van der Waals surface area contributed by atoms with Crippen LogP contribution in [0.2, 0.25) is 0 Å². The van der Waals surface area contributed by atoms with Crippen molar-refractivity contribution in [2.24, 2.45) is 5.41 Å².